The Kier molecular flexibility index (Phi) is 5.12. The second-order valence-corrected chi connectivity index (χ2v) is 4.37. The molecule has 2 N–H and O–H groups in total. The smallest absolute Gasteiger partial charge is 0.236 e. The van der Waals surface area contributed by atoms with E-state index in [4.69, 9.17) is 5.73 Å². The summed E-state index contributed by atoms with van der Waals surface area (Å²) in [7, 11) is 5.44. The summed E-state index contributed by atoms with van der Waals surface area (Å²) in [6.45, 7) is 0.880. The van der Waals surface area contributed by atoms with Crippen molar-refractivity contribution in [3.63, 3.8) is 0 Å². The fourth-order valence-corrected chi connectivity index (χ4v) is 1.71. The van der Waals surface area contributed by atoms with Crippen LogP contribution in [0.3, 0.4) is 0 Å². The molecule has 94 valence electrons. The number of nitrogens with two attached hydrogens (primary N) is 1. The molecule has 1 atom stereocenters. The average molecular weight is 235 g/mol. The van der Waals surface area contributed by atoms with Crippen molar-refractivity contribution in [2.24, 2.45) is 5.73 Å². The van der Waals surface area contributed by atoms with Crippen molar-refractivity contribution in [2.75, 3.05) is 34.2 Å². The monoisotopic (exact) mass is 235 g/mol. The molecule has 1 rings (SSSR count). The topological polar surface area (TPSA) is 49.6 Å². The van der Waals surface area contributed by atoms with E-state index in [0.29, 0.717) is 13.1 Å². The lowest BCUT2D eigenvalue weighted by molar-refractivity contribution is -0.130. The predicted octanol–water partition coefficient (Wildman–Crippen LogP) is 0.706. The van der Waals surface area contributed by atoms with Crippen LogP contribution in [0, 0.1) is 0 Å². The van der Waals surface area contributed by atoms with E-state index in [-0.39, 0.29) is 11.9 Å². The Morgan fingerprint density at radius 3 is 2.29 bits per heavy atom. The molecule has 0 aliphatic carbocycles. The molecule has 4 nitrogen and oxygen atoms in total. The zero-order valence-electron chi connectivity index (χ0n) is 10.8. The summed E-state index contributed by atoms with van der Waals surface area (Å²) < 4.78 is 0. The zero-order valence-corrected chi connectivity index (χ0v) is 10.8. The van der Waals surface area contributed by atoms with Crippen LogP contribution in [0.5, 0.6) is 0 Å². The van der Waals surface area contributed by atoms with E-state index in [1.54, 1.807) is 19.0 Å². The normalized spacial score (nSPS) is 12.5. The lowest BCUT2D eigenvalue weighted by atomic mass is 10.1. The van der Waals surface area contributed by atoms with E-state index < -0.39 is 0 Å². The molecule has 1 unspecified atom stereocenters. The Labute approximate surface area is 103 Å². The lowest BCUT2D eigenvalue weighted by Gasteiger charge is -2.27. The number of carbonyl (C=O) groups excluding carboxylic acids is 1. The van der Waals surface area contributed by atoms with Gasteiger partial charge < -0.3 is 10.6 Å². The maximum absolute atomic E-state index is 11.6. The van der Waals surface area contributed by atoms with Crippen LogP contribution in [0.1, 0.15) is 11.6 Å². The largest absolute Gasteiger partial charge is 0.348 e. The summed E-state index contributed by atoms with van der Waals surface area (Å²) in [6.07, 6.45) is 0. The third-order valence-corrected chi connectivity index (χ3v) is 2.82. The molecule has 0 heterocycles. The van der Waals surface area contributed by atoms with Gasteiger partial charge in [-0.15, -0.1) is 0 Å². The molecule has 0 saturated carbocycles. The number of rotatable bonds is 5. The van der Waals surface area contributed by atoms with E-state index >= 15 is 0 Å². The minimum atomic E-state index is 0.0834. The number of carbonyl (C=O) groups is 1. The van der Waals surface area contributed by atoms with Gasteiger partial charge in [-0.1, -0.05) is 30.3 Å². The quantitative estimate of drug-likeness (QED) is 0.817. The fraction of sp³-hybridized carbons (Fsp3) is 0.462. The predicted molar refractivity (Wildman–Crippen MR) is 69.6 cm³/mol. The van der Waals surface area contributed by atoms with Crippen LogP contribution in [-0.4, -0.2) is 49.9 Å². The van der Waals surface area contributed by atoms with Crippen molar-refractivity contribution in [2.45, 2.75) is 6.04 Å². The van der Waals surface area contributed by atoms with E-state index in [2.05, 4.69) is 0 Å². The van der Waals surface area contributed by atoms with Crippen LogP contribution in [0.4, 0.5) is 0 Å². The molecular weight excluding hydrogens is 214 g/mol. The van der Waals surface area contributed by atoms with Gasteiger partial charge in [0.2, 0.25) is 5.91 Å². The van der Waals surface area contributed by atoms with Gasteiger partial charge in [-0.2, -0.15) is 0 Å². The van der Waals surface area contributed by atoms with E-state index in [1.807, 2.05) is 42.3 Å². The molecule has 0 aromatic heterocycles. The first-order valence-corrected chi connectivity index (χ1v) is 5.71. The maximum Gasteiger partial charge on any atom is 0.236 e. The molecule has 4 heteroatoms. The molecule has 0 radical (unpaired) electrons. The highest BCUT2D eigenvalue weighted by atomic mass is 16.2. The minimum Gasteiger partial charge on any atom is -0.348 e. The van der Waals surface area contributed by atoms with Crippen molar-refractivity contribution in [1.82, 2.24) is 9.80 Å². The molecule has 1 aromatic rings. The van der Waals surface area contributed by atoms with Gasteiger partial charge >= 0.3 is 0 Å². The number of hydrogen-bond acceptors (Lipinski definition) is 3. The van der Waals surface area contributed by atoms with E-state index in [0.717, 1.165) is 5.56 Å². The number of likely N-dealkylation sites (N-methyl/N-ethyl adjacent to an activating group) is 2. The summed E-state index contributed by atoms with van der Waals surface area (Å²) in [5.41, 5.74) is 6.93. The van der Waals surface area contributed by atoms with Crippen molar-refractivity contribution in [3.05, 3.63) is 35.9 Å². The molecule has 0 aliphatic rings. The van der Waals surface area contributed by atoms with E-state index in [1.165, 1.54) is 0 Å². The summed E-state index contributed by atoms with van der Waals surface area (Å²) in [5, 5.41) is 0. The molecule has 0 aliphatic heterocycles. The molecule has 0 saturated heterocycles. The molecule has 17 heavy (non-hydrogen) atoms. The molecule has 0 fully saturated rings. The molecule has 1 aromatic carbocycles. The molecule has 0 spiro atoms. The van der Waals surface area contributed by atoms with Gasteiger partial charge in [0.15, 0.2) is 0 Å². The van der Waals surface area contributed by atoms with Gasteiger partial charge in [0, 0.05) is 26.7 Å². The van der Waals surface area contributed by atoms with Crippen LogP contribution in [0.15, 0.2) is 30.3 Å². The highest BCUT2D eigenvalue weighted by Crippen LogP contribution is 2.17. The first-order valence-electron chi connectivity index (χ1n) is 5.71. The van der Waals surface area contributed by atoms with Gasteiger partial charge in [0.05, 0.1) is 6.54 Å². The first-order chi connectivity index (χ1) is 8.06. The molecular formula is C13H21N3O. The highest BCUT2D eigenvalue weighted by molar-refractivity contribution is 5.77. The van der Waals surface area contributed by atoms with Crippen molar-refractivity contribution in [1.29, 1.82) is 0 Å². The van der Waals surface area contributed by atoms with Crippen molar-refractivity contribution in [3.8, 4) is 0 Å². The third kappa shape index (κ3) is 3.84. The maximum atomic E-state index is 11.6. The Hall–Kier alpha value is -1.39. The third-order valence-electron chi connectivity index (χ3n) is 2.82. The van der Waals surface area contributed by atoms with Crippen molar-refractivity contribution >= 4 is 5.91 Å². The van der Waals surface area contributed by atoms with Crippen LogP contribution >= 0.6 is 0 Å². The number of hydrogen-bond donors (Lipinski definition) is 1. The summed E-state index contributed by atoms with van der Waals surface area (Å²) in [6, 6.07) is 10.1. The first kappa shape index (κ1) is 13.7. The zero-order chi connectivity index (χ0) is 12.8. The second kappa shape index (κ2) is 6.37. The fourth-order valence-electron chi connectivity index (χ4n) is 1.71. The van der Waals surface area contributed by atoms with Gasteiger partial charge in [-0.3, -0.25) is 9.69 Å². The average Bonchev–Trinajstić information content (AvgIpc) is 2.31. The Morgan fingerprint density at radius 2 is 1.82 bits per heavy atom. The van der Waals surface area contributed by atoms with E-state index in [9.17, 15) is 4.79 Å². The van der Waals surface area contributed by atoms with Crippen LogP contribution in [0.25, 0.3) is 0 Å². The van der Waals surface area contributed by atoms with Crippen LogP contribution in [0.2, 0.25) is 0 Å². The molecule has 1 amide bonds. The van der Waals surface area contributed by atoms with Gasteiger partial charge in [0.25, 0.3) is 0 Å². The lowest BCUT2D eigenvalue weighted by Crippen LogP contribution is -2.38. The standard InChI is InChI=1S/C13H21N3O/c1-15(2)13(17)10-16(3)12(9-14)11-7-5-4-6-8-11/h4-8,12H,9-10,14H2,1-3H3. The Morgan fingerprint density at radius 1 is 1.24 bits per heavy atom. The Bertz CT molecular complexity index is 351. The number of amides is 1. The highest BCUT2D eigenvalue weighted by Gasteiger charge is 2.18. The van der Waals surface area contributed by atoms with Gasteiger partial charge in [-0.05, 0) is 12.6 Å². The number of nitrogens with zero attached hydrogens (tertiary/aromatic N) is 2. The van der Waals surface area contributed by atoms with Crippen LogP contribution in [-0.2, 0) is 4.79 Å². The number of benzene rings is 1. The minimum absolute atomic E-state index is 0.0834. The SMILES string of the molecule is CN(C)C(=O)CN(C)C(CN)c1ccccc1. The van der Waals surface area contributed by atoms with Crippen LogP contribution < -0.4 is 5.73 Å². The van der Waals surface area contributed by atoms with Gasteiger partial charge in [0.1, 0.15) is 0 Å². The summed E-state index contributed by atoms with van der Waals surface area (Å²) in [5.74, 6) is 0.0851. The molecule has 0 bridgehead atoms. The summed E-state index contributed by atoms with van der Waals surface area (Å²) in [4.78, 5) is 15.2. The Balaban J connectivity index is 2.71. The summed E-state index contributed by atoms with van der Waals surface area (Å²) >= 11 is 0. The van der Waals surface area contributed by atoms with Crippen molar-refractivity contribution < 1.29 is 4.79 Å². The second-order valence-electron chi connectivity index (χ2n) is 4.37. The van der Waals surface area contributed by atoms with Gasteiger partial charge in [-0.25, -0.2) is 0 Å².